The van der Waals surface area contributed by atoms with Crippen LogP contribution in [-0.4, -0.2) is 31.3 Å². The summed E-state index contributed by atoms with van der Waals surface area (Å²) in [5.74, 6) is 0.634. The van der Waals surface area contributed by atoms with E-state index >= 15 is 0 Å². The van der Waals surface area contributed by atoms with Gasteiger partial charge in [0.25, 0.3) is 0 Å². The second-order valence-corrected chi connectivity index (χ2v) is 10.1. The van der Waals surface area contributed by atoms with Crippen LogP contribution in [0.5, 0.6) is 0 Å². The molecule has 0 saturated carbocycles. The molecule has 228 valence electrons. The molecule has 0 bridgehead atoms. The van der Waals surface area contributed by atoms with E-state index in [0.717, 1.165) is 28.3 Å². The number of hydrogen-bond acceptors (Lipinski definition) is 6. The van der Waals surface area contributed by atoms with Crippen LogP contribution in [0.25, 0.3) is 22.8 Å². The summed E-state index contributed by atoms with van der Waals surface area (Å²) in [6.07, 6.45) is 14.2. The van der Waals surface area contributed by atoms with Crippen LogP contribution >= 0.6 is 7.81 Å². The number of hydrogen-bond donors (Lipinski definition) is 0. The van der Waals surface area contributed by atoms with Gasteiger partial charge in [0.05, 0.1) is 29.2 Å². The Kier molecular flexibility index (Phi) is 12.7. The molecule has 0 aliphatic carbocycles. The SMILES string of the molecule is F[P-](F)(F)(F)(F)F.O=[C-]N1[CH][CH][CH]c2cccnc21.[Ru+3].c1ccc(-c2ccccn2)nc1.c1ccc(-c2ccccn2)nc1. The number of halogens is 6. The van der Waals surface area contributed by atoms with Gasteiger partial charge < -0.3 is 14.7 Å². The van der Waals surface area contributed by atoms with Crippen molar-refractivity contribution in [3.8, 4) is 22.8 Å². The number of carbonyl (C=O) groups excluding carboxylic acids is 1. The molecule has 15 heteroatoms. The van der Waals surface area contributed by atoms with Gasteiger partial charge in [-0.1, -0.05) is 35.9 Å². The predicted molar refractivity (Wildman–Crippen MR) is 153 cm³/mol. The first kappa shape index (κ1) is 36.0. The maximum absolute atomic E-state index is 10.7. The molecule has 0 N–H and O–H groups in total. The molecular weight excluding hydrogens is 694 g/mol. The molecule has 0 unspecified atom stereocenters. The summed E-state index contributed by atoms with van der Waals surface area (Å²) in [4.78, 5) is 32.5. The molecule has 7 nitrogen and oxygen atoms in total. The van der Waals surface area contributed by atoms with E-state index in [9.17, 15) is 30.0 Å². The third-order valence-electron chi connectivity index (χ3n) is 4.84. The third kappa shape index (κ3) is 14.8. The monoisotopic (exact) mass is 717 g/mol. The summed E-state index contributed by atoms with van der Waals surface area (Å²) in [6, 6.07) is 26.9. The first-order valence-corrected chi connectivity index (χ1v) is 14.2. The molecule has 0 atom stereocenters. The smallest absolute Gasteiger partial charge is 0.457 e. The van der Waals surface area contributed by atoms with Crippen molar-refractivity contribution in [2.75, 3.05) is 4.90 Å². The Morgan fingerprint density at radius 1 is 0.545 bits per heavy atom. The molecule has 1 aliphatic heterocycles. The molecule has 5 aromatic heterocycles. The Bertz CT molecular complexity index is 1400. The van der Waals surface area contributed by atoms with Gasteiger partial charge in [-0.25, -0.2) is 0 Å². The molecule has 6 rings (SSSR count). The average molecular weight is 717 g/mol. The van der Waals surface area contributed by atoms with Crippen molar-refractivity contribution >= 4 is 20.0 Å². The molecule has 4 radical (unpaired) electrons. The normalized spacial score (nSPS) is 13.2. The second-order valence-electron chi connectivity index (χ2n) is 8.20. The first-order valence-electron chi connectivity index (χ1n) is 12.1. The van der Waals surface area contributed by atoms with E-state index in [0.29, 0.717) is 5.82 Å². The Morgan fingerprint density at radius 2 is 0.909 bits per heavy atom. The number of aromatic nitrogens is 5. The van der Waals surface area contributed by atoms with Gasteiger partial charge >= 0.3 is 52.5 Å². The standard InChI is InChI=1S/2C10H8N2.C9H6N2O.F6P.Ru/c2*1-3-7-11-9(5-1)10-6-2-4-8-12-10;12-7-11-6-2-4-8-3-1-5-10-9(8)11;1-7(2,3,4,5)6;/h2*1-8H;1-6H;;/q;;2*-1;+3. The molecule has 0 saturated heterocycles. The van der Waals surface area contributed by atoms with Crippen molar-refractivity contribution in [2.24, 2.45) is 0 Å². The van der Waals surface area contributed by atoms with Gasteiger partial charge in [0.2, 0.25) is 0 Å². The van der Waals surface area contributed by atoms with Crippen molar-refractivity contribution in [3.63, 3.8) is 0 Å². The molecule has 0 aromatic carbocycles. The Hall–Kier alpha value is -4.15. The van der Waals surface area contributed by atoms with Gasteiger partial charge in [-0.3, -0.25) is 19.9 Å². The zero-order chi connectivity index (χ0) is 31.2. The first-order chi connectivity index (χ1) is 20.3. The molecule has 0 spiro atoms. The fourth-order valence-corrected chi connectivity index (χ4v) is 3.17. The summed E-state index contributed by atoms with van der Waals surface area (Å²) in [7, 11) is -10.7. The van der Waals surface area contributed by atoms with Gasteiger partial charge in [0, 0.05) is 37.5 Å². The summed E-state index contributed by atoms with van der Waals surface area (Å²) >= 11 is 0. The van der Waals surface area contributed by atoms with Gasteiger partial charge in [-0.2, -0.15) is 0 Å². The van der Waals surface area contributed by atoms with Gasteiger partial charge in [0.1, 0.15) is 0 Å². The van der Waals surface area contributed by atoms with E-state index in [4.69, 9.17) is 0 Å². The van der Waals surface area contributed by atoms with Crippen LogP contribution in [-0.2, 0) is 24.3 Å². The number of pyridine rings is 5. The third-order valence-corrected chi connectivity index (χ3v) is 4.84. The van der Waals surface area contributed by atoms with Crippen molar-refractivity contribution in [1.29, 1.82) is 0 Å². The van der Waals surface area contributed by atoms with Gasteiger partial charge in [0.15, 0.2) is 0 Å². The Balaban J connectivity index is 0.000000207. The van der Waals surface area contributed by atoms with Crippen LogP contribution in [0.1, 0.15) is 5.56 Å². The van der Waals surface area contributed by atoms with E-state index in [1.54, 1.807) is 50.4 Å². The zero-order valence-electron chi connectivity index (χ0n) is 22.4. The molecule has 44 heavy (non-hydrogen) atoms. The molecule has 1 amide bonds. The van der Waals surface area contributed by atoms with Gasteiger partial charge in [-0.05, 0) is 73.3 Å². The number of fused-ring (bicyclic) bond motifs is 1. The number of nitrogens with zero attached hydrogens (tertiary/aromatic N) is 6. The van der Waals surface area contributed by atoms with Crippen LogP contribution < -0.4 is 4.90 Å². The maximum Gasteiger partial charge on any atom is 3.00 e. The minimum Gasteiger partial charge on any atom is -0.457 e. The van der Waals surface area contributed by atoms with Crippen LogP contribution in [0.4, 0.5) is 31.0 Å². The minimum atomic E-state index is -10.7. The van der Waals surface area contributed by atoms with Crippen molar-refractivity contribution < 1.29 is 49.5 Å². The average Bonchev–Trinajstić information content (AvgIpc) is 3.02. The van der Waals surface area contributed by atoms with Crippen LogP contribution in [0.3, 0.4) is 0 Å². The quantitative estimate of drug-likeness (QED) is 0.0806. The number of anilines is 1. The van der Waals surface area contributed by atoms with E-state index < -0.39 is 7.81 Å². The molecule has 1 aliphatic rings. The van der Waals surface area contributed by atoms with Crippen molar-refractivity contribution in [2.45, 2.75) is 0 Å². The van der Waals surface area contributed by atoms with Gasteiger partial charge in [-0.15, -0.1) is 0 Å². The van der Waals surface area contributed by atoms with E-state index in [1.807, 2.05) is 91.3 Å². The summed E-state index contributed by atoms with van der Waals surface area (Å²) in [5.41, 5.74) is 4.59. The number of amides is 1. The minimum absolute atomic E-state index is 0. The summed E-state index contributed by atoms with van der Waals surface area (Å²) in [6.45, 7) is 1.63. The topological polar surface area (TPSA) is 84.8 Å². The summed E-state index contributed by atoms with van der Waals surface area (Å²) < 4.78 is 59.2. The Labute approximate surface area is 262 Å². The summed E-state index contributed by atoms with van der Waals surface area (Å²) in [5, 5.41) is 0. The largest absolute Gasteiger partial charge is 3.00 e. The van der Waals surface area contributed by atoms with Crippen molar-refractivity contribution in [1.82, 2.24) is 24.9 Å². The van der Waals surface area contributed by atoms with Crippen LogP contribution in [0, 0.1) is 19.4 Å². The van der Waals surface area contributed by atoms with E-state index in [-0.39, 0.29) is 19.5 Å². The molecular formula is C29H22F6N6OPRu+. The maximum atomic E-state index is 10.4. The second kappa shape index (κ2) is 15.5. The van der Waals surface area contributed by atoms with Crippen LogP contribution in [0.2, 0.25) is 0 Å². The fourth-order valence-electron chi connectivity index (χ4n) is 3.17. The predicted octanol–water partition coefficient (Wildman–Crippen LogP) is 8.55. The van der Waals surface area contributed by atoms with E-state index in [2.05, 4.69) is 24.9 Å². The van der Waals surface area contributed by atoms with E-state index in [1.165, 1.54) is 4.90 Å². The van der Waals surface area contributed by atoms with Crippen molar-refractivity contribution in [3.05, 3.63) is 141 Å². The Morgan fingerprint density at radius 3 is 1.23 bits per heavy atom. The number of rotatable bonds is 3. The van der Waals surface area contributed by atoms with Crippen LogP contribution in [0.15, 0.2) is 116 Å². The molecule has 0 fully saturated rings. The fraction of sp³-hybridized carbons (Fsp3) is 0. The molecule has 5 aromatic rings. The molecule has 6 heterocycles. The zero-order valence-corrected chi connectivity index (χ0v) is 25.0.